The van der Waals surface area contributed by atoms with Crippen LogP contribution in [0.1, 0.15) is 24.7 Å². The third-order valence-corrected chi connectivity index (χ3v) is 1.85. The first kappa shape index (κ1) is 7.75. The molecule has 4 heteroatoms. The molecule has 10 heavy (non-hydrogen) atoms. The zero-order valence-corrected chi connectivity index (χ0v) is 7.34. The van der Waals surface area contributed by atoms with E-state index in [1.165, 1.54) is 0 Å². The van der Waals surface area contributed by atoms with Crippen molar-refractivity contribution in [1.29, 1.82) is 0 Å². The van der Waals surface area contributed by atoms with Crippen LogP contribution in [0.2, 0.25) is 0 Å². The minimum absolute atomic E-state index is 0.351. The molecule has 0 amide bonds. The molecule has 0 aliphatic rings. The van der Waals surface area contributed by atoms with E-state index in [0.29, 0.717) is 16.3 Å². The third kappa shape index (κ3) is 1.38. The Labute approximate surface area is 67.2 Å². The van der Waals surface area contributed by atoms with Crippen LogP contribution >= 0.6 is 15.9 Å². The predicted molar refractivity (Wildman–Crippen MR) is 39.6 cm³/mol. The molecular weight excluding hydrogens is 198 g/mol. The molecular formula is C6H8BrNO2. The summed E-state index contributed by atoms with van der Waals surface area (Å²) in [6.45, 7) is 3.39. The van der Waals surface area contributed by atoms with Gasteiger partial charge in [0.1, 0.15) is 16.5 Å². The van der Waals surface area contributed by atoms with Crippen LogP contribution in [-0.2, 0) is 0 Å². The minimum atomic E-state index is -0.634. The number of aliphatic hydroxyl groups is 1. The molecule has 1 heterocycles. The molecule has 0 bridgehead atoms. The fourth-order valence-electron chi connectivity index (χ4n) is 0.576. The maximum absolute atomic E-state index is 8.98. The zero-order valence-electron chi connectivity index (χ0n) is 5.76. The second-order valence-corrected chi connectivity index (χ2v) is 2.83. The normalized spacial score (nSPS) is 13.6. The Morgan fingerprint density at radius 1 is 1.70 bits per heavy atom. The SMILES string of the molecule is Cc1oc(C(C)O)nc1Br. The van der Waals surface area contributed by atoms with Gasteiger partial charge in [-0.05, 0) is 29.8 Å². The summed E-state index contributed by atoms with van der Waals surface area (Å²) < 4.78 is 5.72. The number of nitrogens with zero attached hydrogens (tertiary/aromatic N) is 1. The van der Waals surface area contributed by atoms with Crippen molar-refractivity contribution in [1.82, 2.24) is 4.98 Å². The van der Waals surface area contributed by atoms with Crippen molar-refractivity contribution in [3.8, 4) is 0 Å². The van der Waals surface area contributed by atoms with Crippen molar-refractivity contribution < 1.29 is 9.52 Å². The second kappa shape index (κ2) is 2.72. The van der Waals surface area contributed by atoms with Crippen molar-refractivity contribution >= 4 is 15.9 Å². The van der Waals surface area contributed by atoms with Crippen molar-refractivity contribution in [2.45, 2.75) is 20.0 Å². The van der Waals surface area contributed by atoms with Gasteiger partial charge in [0, 0.05) is 0 Å². The summed E-state index contributed by atoms with van der Waals surface area (Å²) in [6, 6.07) is 0. The molecule has 3 nitrogen and oxygen atoms in total. The van der Waals surface area contributed by atoms with Crippen LogP contribution in [0.15, 0.2) is 9.02 Å². The number of aliphatic hydroxyl groups excluding tert-OH is 1. The van der Waals surface area contributed by atoms with Crippen LogP contribution in [0.4, 0.5) is 0 Å². The van der Waals surface area contributed by atoms with Crippen LogP contribution in [0.5, 0.6) is 0 Å². The van der Waals surface area contributed by atoms with Gasteiger partial charge in [0.15, 0.2) is 0 Å². The Kier molecular flexibility index (Phi) is 2.11. The Bertz CT molecular complexity index is 212. The lowest BCUT2D eigenvalue weighted by Crippen LogP contribution is -1.89. The molecule has 1 unspecified atom stereocenters. The van der Waals surface area contributed by atoms with Crippen molar-refractivity contribution in [3.63, 3.8) is 0 Å². The molecule has 1 rings (SSSR count). The quantitative estimate of drug-likeness (QED) is 0.761. The van der Waals surface area contributed by atoms with Crippen LogP contribution in [0, 0.1) is 6.92 Å². The molecule has 1 atom stereocenters. The van der Waals surface area contributed by atoms with E-state index < -0.39 is 6.10 Å². The van der Waals surface area contributed by atoms with Crippen LogP contribution < -0.4 is 0 Å². The van der Waals surface area contributed by atoms with Crippen LogP contribution in [-0.4, -0.2) is 10.1 Å². The molecule has 0 aliphatic carbocycles. The van der Waals surface area contributed by atoms with E-state index in [2.05, 4.69) is 20.9 Å². The molecule has 1 N–H and O–H groups in total. The van der Waals surface area contributed by atoms with Gasteiger partial charge < -0.3 is 9.52 Å². The van der Waals surface area contributed by atoms with E-state index in [4.69, 9.17) is 9.52 Å². The molecule has 0 aromatic carbocycles. The highest BCUT2D eigenvalue weighted by Gasteiger charge is 2.10. The topological polar surface area (TPSA) is 46.3 Å². The van der Waals surface area contributed by atoms with Crippen molar-refractivity contribution in [2.24, 2.45) is 0 Å². The number of hydrogen-bond donors (Lipinski definition) is 1. The van der Waals surface area contributed by atoms with Crippen molar-refractivity contribution in [3.05, 3.63) is 16.3 Å². The first-order chi connectivity index (χ1) is 4.61. The van der Waals surface area contributed by atoms with Gasteiger partial charge in [-0.3, -0.25) is 0 Å². The zero-order chi connectivity index (χ0) is 7.72. The summed E-state index contributed by atoms with van der Waals surface area (Å²) in [5, 5.41) is 8.98. The first-order valence-corrected chi connectivity index (χ1v) is 3.71. The Morgan fingerprint density at radius 3 is 2.50 bits per heavy atom. The van der Waals surface area contributed by atoms with Crippen molar-refractivity contribution in [2.75, 3.05) is 0 Å². The molecule has 0 spiro atoms. The third-order valence-electron chi connectivity index (χ3n) is 1.11. The average Bonchev–Trinajstić information content (AvgIpc) is 2.13. The van der Waals surface area contributed by atoms with Gasteiger partial charge in [0.05, 0.1) is 0 Å². The summed E-state index contributed by atoms with van der Waals surface area (Å²) >= 11 is 3.17. The number of aromatic nitrogens is 1. The predicted octanol–water partition coefficient (Wildman–Crippen LogP) is 1.80. The average molecular weight is 206 g/mol. The van der Waals surface area contributed by atoms with Gasteiger partial charge in [-0.1, -0.05) is 0 Å². The van der Waals surface area contributed by atoms with Crippen LogP contribution in [0.25, 0.3) is 0 Å². The van der Waals surface area contributed by atoms with E-state index in [1.54, 1.807) is 13.8 Å². The molecule has 1 aromatic rings. The smallest absolute Gasteiger partial charge is 0.224 e. The van der Waals surface area contributed by atoms with E-state index in [1.807, 2.05) is 0 Å². The number of halogens is 1. The molecule has 0 saturated carbocycles. The standard InChI is InChI=1S/C6H8BrNO2/c1-3(9)6-8-5(7)4(2)10-6/h3,9H,1-2H3. The van der Waals surface area contributed by atoms with Gasteiger partial charge in [0.25, 0.3) is 0 Å². The lowest BCUT2D eigenvalue weighted by molar-refractivity contribution is 0.161. The Hall–Kier alpha value is -0.350. The number of aryl methyl sites for hydroxylation is 1. The van der Waals surface area contributed by atoms with Gasteiger partial charge >= 0.3 is 0 Å². The van der Waals surface area contributed by atoms with Gasteiger partial charge in [-0.25, -0.2) is 4.98 Å². The summed E-state index contributed by atoms with van der Waals surface area (Å²) in [7, 11) is 0. The van der Waals surface area contributed by atoms with E-state index >= 15 is 0 Å². The lowest BCUT2D eigenvalue weighted by atomic mass is 10.4. The Balaban J connectivity index is 2.98. The highest BCUT2D eigenvalue weighted by atomic mass is 79.9. The van der Waals surface area contributed by atoms with E-state index in [0.717, 1.165) is 0 Å². The van der Waals surface area contributed by atoms with Gasteiger partial charge in [0.2, 0.25) is 5.89 Å². The van der Waals surface area contributed by atoms with Gasteiger partial charge in [-0.2, -0.15) is 0 Å². The van der Waals surface area contributed by atoms with Gasteiger partial charge in [-0.15, -0.1) is 0 Å². The molecule has 0 aliphatic heterocycles. The maximum Gasteiger partial charge on any atom is 0.224 e. The second-order valence-electron chi connectivity index (χ2n) is 2.08. The minimum Gasteiger partial charge on any atom is -0.442 e. The lowest BCUT2D eigenvalue weighted by Gasteiger charge is -1.93. The van der Waals surface area contributed by atoms with E-state index in [9.17, 15) is 0 Å². The summed E-state index contributed by atoms with van der Waals surface area (Å²) in [6.07, 6.45) is -0.634. The summed E-state index contributed by atoms with van der Waals surface area (Å²) in [5.74, 6) is 1.04. The number of rotatable bonds is 1. The molecule has 0 fully saturated rings. The largest absolute Gasteiger partial charge is 0.442 e. The maximum atomic E-state index is 8.98. The molecule has 0 saturated heterocycles. The van der Waals surface area contributed by atoms with E-state index in [-0.39, 0.29) is 0 Å². The molecule has 1 aromatic heterocycles. The number of hydrogen-bond acceptors (Lipinski definition) is 3. The fourth-order valence-corrected chi connectivity index (χ4v) is 0.832. The molecule has 0 radical (unpaired) electrons. The summed E-state index contributed by atoms with van der Waals surface area (Å²) in [4.78, 5) is 3.91. The first-order valence-electron chi connectivity index (χ1n) is 2.92. The van der Waals surface area contributed by atoms with Crippen LogP contribution in [0.3, 0.4) is 0 Å². The highest BCUT2D eigenvalue weighted by Crippen LogP contribution is 2.19. The highest BCUT2D eigenvalue weighted by molar-refractivity contribution is 9.10. The monoisotopic (exact) mass is 205 g/mol. The Morgan fingerprint density at radius 2 is 2.30 bits per heavy atom. The molecule has 56 valence electrons. The fraction of sp³-hybridized carbons (Fsp3) is 0.500. The summed E-state index contributed by atoms with van der Waals surface area (Å²) in [5.41, 5.74) is 0. The number of oxazole rings is 1.